The zero-order valence-electron chi connectivity index (χ0n) is 14.6. The van der Waals surface area contributed by atoms with Crippen molar-refractivity contribution in [2.45, 2.75) is 39.2 Å². The van der Waals surface area contributed by atoms with Crippen molar-refractivity contribution in [3.8, 4) is 0 Å². The van der Waals surface area contributed by atoms with Crippen LogP contribution in [0, 0.1) is 6.92 Å². The Morgan fingerprint density at radius 3 is 2.68 bits per heavy atom. The third-order valence-electron chi connectivity index (χ3n) is 4.59. The molecular formula is C19H23N3O2S. The van der Waals surface area contributed by atoms with E-state index in [-0.39, 0.29) is 11.5 Å². The van der Waals surface area contributed by atoms with Gasteiger partial charge in [0.15, 0.2) is 0 Å². The van der Waals surface area contributed by atoms with Crippen LogP contribution in [-0.4, -0.2) is 33.4 Å². The first-order valence-electron chi connectivity index (χ1n) is 8.62. The fraction of sp³-hybridized carbons (Fsp3) is 0.421. The molecule has 1 amide bonds. The standard InChI is InChI=1S/C19H23N3O2S/c1-4-10-21(11-5-2)19(24)16-13(3)15-17(25-16)20-14-9-7-6-8-12-22(14)18(15)23/h4-5H,1-2,6-12H2,3H3. The van der Waals surface area contributed by atoms with Gasteiger partial charge < -0.3 is 4.90 Å². The van der Waals surface area contributed by atoms with E-state index in [1.165, 1.54) is 11.3 Å². The maximum absolute atomic E-state index is 13.0. The third kappa shape index (κ3) is 3.18. The van der Waals surface area contributed by atoms with Crippen molar-refractivity contribution in [1.82, 2.24) is 14.5 Å². The molecule has 0 saturated carbocycles. The summed E-state index contributed by atoms with van der Waals surface area (Å²) in [6, 6.07) is 0. The Labute approximate surface area is 151 Å². The van der Waals surface area contributed by atoms with Crippen LogP contribution in [0.15, 0.2) is 30.1 Å². The highest BCUT2D eigenvalue weighted by atomic mass is 32.1. The summed E-state index contributed by atoms with van der Waals surface area (Å²) in [4.78, 5) is 33.5. The molecule has 6 heteroatoms. The van der Waals surface area contributed by atoms with Crippen LogP contribution in [0.25, 0.3) is 10.2 Å². The maximum Gasteiger partial charge on any atom is 0.264 e. The molecule has 0 aliphatic carbocycles. The zero-order valence-corrected chi connectivity index (χ0v) is 15.4. The smallest absolute Gasteiger partial charge is 0.264 e. The lowest BCUT2D eigenvalue weighted by Crippen LogP contribution is -2.31. The largest absolute Gasteiger partial charge is 0.331 e. The van der Waals surface area contributed by atoms with E-state index < -0.39 is 0 Å². The number of nitrogens with zero attached hydrogens (tertiary/aromatic N) is 3. The van der Waals surface area contributed by atoms with Crippen molar-refractivity contribution in [3.05, 3.63) is 51.9 Å². The SMILES string of the molecule is C=CCN(CC=C)C(=O)c1sc2nc3n(c(=O)c2c1C)CCCCC3. The summed E-state index contributed by atoms with van der Waals surface area (Å²) in [5, 5.41) is 0.594. The molecule has 0 N–H and O–H groups in total. The Morgan fingerprint density at radius 1 is 1.28 bits per heavy atom. The Balaban J connectivity index is 2.12. The minimum atomic E-state index is -0.0973. The molecule has 0 spiro atoms. The van der Waals surface area contributed by atoms with Crippen LogP contribution >= 0.6 is 11.3 Å². The molecule has 3 rings (SSSR count). The van der Waals surface area contributed by atoms with Crippen molar-refractivity contribution < 1.29 is 4.79 Å². The van der Waals surface area contributed by atoms with Gasteiger partial charge in [-0.2, -0.15) is 0 Å². The van der Waals surface area contributed by atoms with Crippen LogP contribution in [-0.2, 0) is 13.0 Å². The van der Waals surface area contributed by atoms with E-state index in [4.69, 9.17) is 4.98 Å². The lowest BCUT2D eigenvalue weighted by atomic mass is 10.2. The van der Waals surface area contributed by atoms with Crippen LogP contribution in [0.2, 0.25) is 0 Å². The highest BCUT2D eigenvalue weighted by Crippen LogP contribution is 2.29. The van der Waals surface area contributed by atoms with Gasteiger partial charge in [-0.1, -0.05) is 18.6 Å². The van der Waals surface area contributed by atoms with Gasteiger partial charge in [-0.3, -0.25) is 14.2 Å². The van der Waals surface area contributed by atoms with E-state index in [0.717, 1.165) is 37.1 Å². The molecule has 0 saturated heterocycles. The summed E-state index contributed by atoms with van der Waals surface area (Å²) < 4.78 is 1.80. The lowest BCUT2D eigenvalue weighted by Gasteiger charge is -2.18. The zero-order chi connectivity index (χ0) is 18.0. The predicted molar refractivity (Wildman–Crippen MR) is 102 cm³/mol. The Bertz CT molecular complexity index is 884. The number of aromatic nitrogens is 2. The second-order valence-electron chi connectivity index (χ2n) is 6.32. The molecule has 25 heavy (non-hydrogen) atoms. The van der Waals surface area contributed by atoms with Gasteiger partial charge in [-0.25, -0.2) is 4.98 Å². The van der Waals surface area contributed by atoms with Crippen LogP contribution in [0.3, 0.4) is 0 Å². The first-order chi connectivity index (χ1) is 12.1. The van der Waals surface area contributed by atoms with E-state index in [1.807, 2.05) is 6.92 Å². The van der Waals surface area contributed by atoms with Crippen LogP contribution < -0.4 is 5.56 Å². The highest BCUT2D eigenvalue weighted by molar-refractivity contribution is 7.20. The van der Waals surface area contributed by atoms with E-state index in [9.17, 15) is 9.59 Å². The van der Waals surface area contributed by atoms with E-state index >= 15 is 0 Å². The van der Waals surface area contributed by atoms with E-state index in [2.05, 4.69) is 13.2 Å². The van der Waals surface area contributed by atoms with Crippen molar-refractivity contribution in [2.75, 3.05) is 13.1 Å². The average molecular weight is 357 g/mol. The van der Waals surface area contributed by atoms with Crippen LogP contribution in [0.1, 0.15) is 40.3 Å². The quantitative estimate of drug-likeness (QED) is 0.772. The first kappa shape index (κ1) is 17.6. The Kier molecular flexibility index (Phi) is 5.18. The molecule has 5 nitrogen and oxygen atoms in total. The van der Waals surface area contributed by atoms with E-state index in [1.54, 1.807) is 21.6 Å². The van der Waals surface area contributed by atoms with Gasteiger partial charge in [0.25, 0.3) is 11.5 Å². The summed E-state index contributed by atoms with van der Waals surface area (Å²) in [5.74, 6) is 0.754. The van der Waals surface area contributed by atoms with Gasteiger partial charge in [-0.05, 0) is 25.3 Å². The predicted octanol–water partition coefficient (Wildman–Crippen LogP) is 3.31. The van der Waals surface area contributed by atoms with Crippen LogP contribution in [0.4, 0.5) is 0 Å². The molecule has 0 aromatic carbocycles. The summed E-state index contributed by atoms with van der Waals surface area (Å²) in [5.41, 5.74) is 0.730. The number of rotatable bonds is 5. The Morgan fingerprint density at radius 2 is 2.00 bits per heavy atom. The molecule has 2 aromatic heterocycles. The summed E-state index contributed by atoms with van der Waals surface area (Å²) in [7, 11) is 0. The number of aryl methyl sites for hydroxylation is 2. The average Bonchev–Trinajstić information content (AvgIpc) is 2.77. The van der Waals surface area contributed by atoms with Gasteiger partial charge in [-0.15, -0.1) is 24.5 Å². The molecular weight excluding hydrogens is 334 g/mol. The van der Waals surface area contributed by atoms with Gasteiger partial charge >= 0.3 is 0 Å². The summed E-state index contributed by atoms with van der Waals surface area (Å²) in [6.45, 7) is 10.9. The van der Waals surface area contributed by atoms with Crippen molar-refractivity contribution in [1.29, 1.82) is 0 Å². The molecule has 1 aliphatic heterocycles. The molecule has 1 aliphatic rings. The fourth-order valence-electron chi connectivity index (χ4n) is 3.31. The lowest BCUT2D eigenvalue weighted by molar-refractivity contribution is 0.0795. The summed E-state index contributed by atoms with van der Waals surface area (Å²) >= 11 is 1.32. The normalized spacial score (nSPS) is 14.0. The second-order valence-corrected chi connectivity index (χ2v) is 7.32. The number of hydrogen-bond donors (Lipinski definition) is 0. The molecule has 0 unspecified atom stereocenters. The topological polar surface area (TPSA) is 55.2 Å². The van der Waals surface area contributed by atoms with Gasteiger partial charge in [0.05, 0.1) is 10.3 Å². The first-order valence-corrected chi connectivity index (χ1v) is 9.44. The number of fused-ring (bicyclic) bond motifs is 2. The fourth-order valence-corrected chi connectivity index (χ4v) is 4.47. The molecule has 3 heterocycles. The third-order valence-corrected chi connectivity index (χ3v) is 5.77. The number of hydrogen-bond acceptors (Lipinski definition) is 4. The molecule has 0 atom stereocenters. The van der Waals surface area contributed by atoms with Crippen molar-refractivity contribution in [2.24, 2.45) is 0 Å². The van der Waals surface area contributed by atoms with Gasteiger partial charge in [0.2, 0.25) is 0 Å². The highest BCUT2D eigenvalue weighted by Gasteiger charge is 2.24. The van der Waals surface area contributed by atoms with Crippen molar-refractivity contribution in [3.63, 3.8) is 0 Å². The number of thiophene rings is 1. The van der Waals surface area contributed by atoms with Gasteiger partial charge in [0, 0.05) is 26.1 Å². The number of carbonyl (C=O) groups is 1. The Hall–Kier alpha value is -2.21. The van der Waals surface area contributed by atoms with Crippen molar-refractivity contribution >= 4 is 27.5 Å². The maximum atomic E-state index is 13.0. The second kappa shape index (κ2) is 7.35. The molecule has 0 radical (unpaired) electrons. The van der Waals surface area contributed by atoms with Crippen LogP contribution in [0.5, 0.6) is 0 Å². The summed E-state index contributed by atoms with van der Waals surface area (Å²) in [6.07, 6.45) is 7.39. The number of carbonyl (C=O) groups excluding carboxylic acids is 1. The molecule has 0 bridgehead atoms. The monoisotopic (exact) mass is 357 g/mol. The molecule has 132 valence electrons. The van der Waals surface area contributed by atoms with E-state index in [0.29, 0.717) is 34.7 Å². The molecule has 0 fully saturated rings. The molecule has 2 aromatic rings. The van der Waals surface area contributed by atoms with Gasteiger partial charge in [0.1, 0.15) is 10.7 Å². The minimum Gasteiger partial charge on any atom is -0.331 e. The minimum absolute atomic E-state index is 0.00584. The number of amides is 1.